The van der Waals surface area contributed by atoms with Crippen molar-refractivity contribution in [2.45, 2.75) is 10.3 Å². The number of ketones is 1. The molecule has 13 heavy (non-hydrogen) atoms. The summed E-state index contributed by atoms with van der Waals surface area (Å²) in [4.78, 5) is 22.6. The van der Waals surface area contributed by atoms with Crippen LogP contribution in [0.4, 0.5) is 0 Å². The van der Waals surface area contributed by atoms with Crippen molar-refractivity contribution in [2.75, 3.05) is 5.75 Å². The maximum absolute atomic E-state index is 11.5. The Morgan fingerprint density at radius 1 is 1.62 bits per heavy atom. The minimum Gasteiger partial charge on any atom is -0.321 e. The van der Waals surface area contributed by atoms with E-state index in [9.17, 15) is 9.59 Å². The van der Waals surface area contributed by atoms with E-state index >= 15 is 0 Å². The van der Waals surface area contributed by atoms with E-state index in [4.69, 9.17) is 5.73 Å². The van der Waals surface area contributed by atoms with Gasteiger partial charge in [0.1, 0.15) is 0 Å². The van der Waals surface area contributed by atoms with Crippen molar-refractivity contribution in [3.63, 3.8) is 0 Å². The number of hydrogen-bond acceptors (Lipinski definition) is 5. The third-order valence-electron chi connectivity index (χ3n) is 1.83. The SMILES string of the molecule is NC1CSc2sc(C=O)cc2C1=O. The number of hydrogen-bond donors (Lipinski definition) is 1. The molecule has 1 aliphatic rings. The summed E-state index contributed by atoms with van der Waals surface area (Å²) in [5.74, 6) is 0.572. The predicted molar refractivity (Wildman–Crippen MR) is 52.7 cm³/mol. The highest BCUT2D eigenvalue weighted by atomic mass is 32.2. The molecule has 0 aliphatic carbocycles. The molecule has 1 unspecified atom stereocenters. The number of thioether (sulfide) groups is 1. The first kappa shape index (κ1) is 8.93. The van der Waals surface area contributed by atoms with Crippen molar-refractivity contribution >= 4 is 35.2 Å². The van der Waals surface area contributed by atoms with E-state index in [1.807, 2.05) is 0 Å². The fourth-order valence-corrected chi connectivity index (χ4v) is 3.40. The monoisotopic (exact) mass is 213 g/mol. The maximum atomic E-state index is 11.5. The molecule has 1 aromatic rings. The normalized spacial score (nSPS) is 21.3. The van der Waals surface area contributed by atoms with Crippen LogP contribution in [0.15, 0.2) is 10.3 Å². The molecular weight excluding hydrogens is 206 g/mol. The lowest BCUT2D eigenvalue weighted by Crippen LogP contribution is -2.35. The third kappa shape index (κ3) is 1.43. The molecule has 0 fully saturated rings. The summed E-state index contributed by atoms with van der Waals surface area (Å²) < 4.78 is 0.925. The van der Waals surface area contributed by atoms with Crippen LogP contribution in [-0.4, -0.2) is 23.9 Å². The fraction of sp³-hybridized carbons (Fsp3) is 0.250. The minimum atomic E-state index is -0.411. The Kier molecular flexibility index (Phi) is 2.23. The minimum absolute atomic E-state index is 0.0434. The molecule has 2 rings (SSSR count). The van der Waals surface area contributed by atoms with Gasteiger partial charge in [-0.3, -0.25) is 9.59 Å². The Morgan fingerprint density at radius 2 is 2.38 bits per heavy atom. The molecule has 0 aromatic carbocycles. The summed E-state index contributed by atoms with van der Waals surface area (Å²) >= 11 is 2.91. The van der Waals surface area contributed by atoms with Gasteiger partial charge >= 0.3 is 0 Å². The van der Waals surface area contributed by atoms with Crippen LogP contribution in [0.25, 0.3) is 0 Å². The molecule has 0 amide bonds. The summed E-state index contributed by atoms with van der Waals surface area (Å²) in [5, 5.41) is 0. The van der Waals surface area contributed by atoms with Gasteiger partial charge < -0.3 is 5.73 Å². The van der Waals surface area contributed by atoms with Crippen LogP contribution < -0.4 is 5.73 Å². The summed E-state index contributed by atoms with van der Waals surface area (Å²) in [7, 11) is 0. The Bertz CT molecular complexity index is 372. The van der Waals surface area contributed by atoms with E-state index < -0.39 is 6.04 Å². The smallest absolute Gasteiger partial charge is 0.182 e. The van der Waals surface area contributed by atoms with Crippen molar-refractivity contribution in [3.05, 3.63) is 16.5 Å². The molecule has 5 heteroatoms. The maximum Gasteiger partial charge on any atom is 0.182 e. The molecule has 0 saturated carbocycles. The van der Waals surface area contributed by atoms with Crippen LogP contribution in [-0.2, 0) is 0 Å². The Labute approximate surface area is 83.3 Å². The van der Waals surface area contributed by atoms with E-state index in [0.29, 0.717) is 16.2 Å². The zero-order valence-corrected chi connectivity index (χ0v) is 8.28. The summed E-state index contributed by atoms with van der Waals surface area (Å²) in [6.45, 7) is 0. The van der Waals surface area contributed by atoms with Gasteiger partial charge in [0.25, 0.3) is 0 Å². The lowest BCUT2D eigenvalue weighted by Gasteiger charge is -2.15. The van der Waals surface area contributed by atoms with E-state index in [2.05, 4.69) is 0 Å². The Balaban J connectivity index is 2.47. The highest BCUT2D eigenvalue weighted by Gasteiger charge is 2.27. The van der Waals surface area contributed by atoms with Crippen molar-refractivity contribution in [1.29, 1.82) is 0 Å². The number of nitrogens with two attached hydrogens (primary N) is 1. The highest BCUT2D eigenvalue weighted by Crippen LogP contribution is 2.36. The van der Waals surface area contributed by atoms with E-state index in [-0.39, 0.29) is 5.78 Å². The molecule has 1 aliphatic heterocycles. The summed E-state index contributed by atoms with van der Waals surface area (Å²) in [5.41, 5.74) is 6.21. The topological polar surface area (TPSA) is 60.2 Å². The number of fused-ring (bicyclic) bond motifs is 1. The van der Waals surface area contributed by atoms with Crippen molar-refractivity contribution in [2.24, 2.45) is 5.73 Å². The fourth-order valence-electron chi connectivity index (χ4n) is 1.17. The average molecular weight is 213 g/mol. The van der Waals surface area contributed by atoms with Gasteiger partial charge in [-0.15, -0.1) is 23.1 Å². The Morgan fingerprint density at radius 3 is 3.08 bits per heavy atom. The number of Topliss-reactive ketones (excluding diaryl/α,β-unsaturated/α-hetero) is 1. The highest BCUT2D eigenvalue weighted by molar-refractivity contribution is 8.01. The molecule has 0 bridgehead atoms. The van der Waals surface area contributed by atoms with E-state index in [1.165, 1.54) is 11.3 Å². The van der Waals surface area contributed by atoms with Crippen LogP contribution in [0.5, 0.6) is 0 Å². The standard InChI is InChI=1S/C8H7NO2S2/c9-6-3-12-8-5(7(6)11)1-4(2-10)13-8/h1-2,6H,3,9H2. The van der Waals surface area contributed by atoms with Crippen LogP contribution >= 0.6 is 23.1 Å². The van der Waals surface area contributed by atoms with Gasteiger partial charge in [0.2, 0.25) is 0 Å². The number of carbonyl (C=O) groups is 2. The van der Waals surface area contributed by atoms with Crippen LogP contribution in [0.1, 0.15) is 20.0 Å². The molecule has 2 heterocycles. The molecule has 2 N–H and O–H groups in total. The zero-order valence-electron chi connectivity index (χ0n) is 6.65. The Hall–Kier alpha value is -0.650. The molecule has 0 saturated heterocycles. The van der Waals surface area contributed by atoms with Gasteiger partial charge in [0, 0.05) is 11.3 Å². The van der Waals surface area contributed by atoms with Gasteiger partial charge in [-0.2, -0.15) is 0 Å². The second-order valence-electron chi connectivity index (χ2n) is 2.75. The lowest BCUT2D eigenvalue weighted by atomic mass is 10.1. The first-order valence-electron chi connectivity index (χ1n) is 3.74. The average Bonchev–Trinajstić information content (AvgIpc) is 2.55. The van der Waals surface area contributed by atoms with Crippen molar-refractivity contribution < 1.29 is 9.59 Å². The molecular formula is C8H7NO2S2. The molecule has 1 aromatic heterocycles. The third-order valence-corrected chi connectivity index (χ3v) is 4.30. The number of rotatable bonds is 1. The van der Waals surface area contributed by atoms with Gasteiger partial charge in [-0.25, -0.2) is 0 Å². The molecule has 3 nitrogen and oxygen atoms in total. The molecule has 1 atom stereocenters. The van der Waals surface area contributed by atoms with Crippen LogP contribution in [0.2, 0.25) is 0 Å². The first-order valence-corrected chi connectivity index (χ1v) is 5.54. The second-order valence-corrected chi connectivity index (χ2v) is 5.12. The van der Waals surface area contributed by atoms with Crippen molar-refractivity contribution in [1.82, 2.24) is 0 Å². The summed E-state index contributed by atoms with van der Waals surface area (Å²) in [6.07, 6.45) is 0.766. The number of aldehydes is 1. The van der Waals surface area contributed by atoms with E-state index in [0.717, 1.165) is 10.5 Å². The largest absolute Gasteiger partial charge is 0.321 e. The number of carbonyl (C=O) groups excluding carboxylic acids is 2. The number of thiophene rings is 1. The van der Waals surface area contributed by atoms with Gasteiger partial charge in [-0.05, 0) is 6.07 Å². The van der Waals surface area contributed by atoms with Crippen LogP contribution in [0, 0.1) is 0 Å². The molecule has 0 spiro atoms. The van der Waals surface area contributed by atoms with Gasteiger partial charge in [0.15, 0.2) is 12.1 Å². The van der Waals surface area contributed by atoms with Gasteiger partial charge in [0.05, 0.1) is 15.1 Å². The van der Waals surface area contributed by atoms with Crippen molar-refractivity contribution in [3.8, 4) is 0 Å². The van der Waals surface area contributed by atoms with E-state index in [1.54, 1.807) is 17.8 Å². The second kappa shape index (κ2) is 3.25. The predicted octanol–water partition coefficient (Wildman–Crippen LogP) is 1.18. The van der Waals surface area contributed by atoms with Gasteiger partial charge in [-0.1, -0.05) is 0 Å². The molecule has 0 radical (unpaired) electrons. The quantitative estimate of drug-likeness (QED) is 0.711. The first-order chi connectivity index (χ1) is 6.22. The van der Waals surface area contributed by atoms with Crippen LogP contribution in [0.3, 0.4) is 0 Å². The lowest BCUT2D eigenvalue weighted by molar-refractivity contribution is 0.0965. The zero-order chi connectivity index (χ0) is 9.42. The molecule has 68 valence electrons. The summed E-state index contributed by atoms with van der Waals surface area (Å²) in [6, 6.07) is 1.22.